The summed E-state index contributed by atoms with van der Waals surface area (Å²) in [6, 6.07) is -4.73. The summed E-state index contributed by atoms with van der Waals surface area (Å²) < 4.78 is 0. The van der Waals surface area contributed by atoms with Gasteiger partial charge in [-0.2, -0.15) is 11.8 Å². The van der Waals surface area contributed by atoms with Gasteiger partial charge in [-0.15, -0.1) is 0 Å². The summed E-state index contributed by atoms with van der Waals surface area (Å²) in [7, 11) is 0. The van der Waals surface area contributed by atoms with Gasteiger partial charge >= 0.3 is 5.97 Å². The van der Waals surface area contributed by atoms with Crippen LogP contribution in [0.15, 0.2) is 0 Å². The predicted molar refractivity (Wildman–Crippen MR) is 172 cm³/mol. The first kappa shape index (κ1) is 40.6. The molecule has 0 unspecified atom stereocenters. The minimum atomic E-state index is -1.14. The first-order valence-electron chi connectivity index (χ1n) is 15.6. The molecule has 0 aromatic rings. The predicted octanol–water partition coefficient (Wildman–Crippen LogP) is 1.75. The summed E-state index contributed by atoms with van der Waals surface area (Å²) in [5, 5.41) is 20.5. The Balaban J connectivity index is 5.77. The molecule has 0 radical (unpaired) electrons. The molecular formula is C30H58N6O6S. The normalized spacial score (nSPS) is 15.0. The van der Waals surface area contributed by atoms with Gasteiger partial charge in [0.25, 0.3) is 0 Å². The number of hydrogen-bond acceptors (Lipinski definition) is 8. The fourth-order valence-corrected chi connectivity index (χ4v) is 5.14. The van der Waals surface area contributed by atoms with Gasteiger partial charge in [0.15, 0.2) is 0 Å². The van der Waals surface area contributed by atoms with Gasteiger partial charge in [-0.05, 0) is 74.3 Å². The highest BCUT2D eigenvalue weighted by atomic mass is 32.2. The second-order valence-corrected chi connectivity index (χ2v) is 13.7. The number of hydrogen-bond donors (Lipinski definition) is 7. The summed E-state index contributed by atoms with van der Waals surface area (Å²) in [6.45, 7) is 13.9. The third kappa shape index (κ3) is 18.1. The van der Waals surface area contributed by atoms with Crippen LogP contribution < -0.4 is 32.7 Å². The average molecular weight is 631 g/mol. The number of carboxylic acid groups (broad SMARTS) is 1. The Morgan fingerprint density at radius 1 is 0.651 bits per heavy atom. The number of thioether (sulfide) groups is 1. The summed E-state index contributed by atoms with van der Waals surface area (Å²) in [5.74, 6) is -1.71. The monoisotopic (exact) mass is 630 g/mol. The summed E-state index contributed by atoms with van der Waals surface area (Å²) >= 11 is 1.58. The molecule has 13 heteroatoms. The van der Waals surface area contributed by atoms with Crippen molar-refractivity contribution in [2.24, 2.45) is 29.2 Å². The van der Waals surface area contributed by atoms with Crippen molar-refractivity contribution < 1.29 is 29.1 Å². The van der Waals surface area contributed by atoms with Gasteiger partial charge in [0.1, 0.15) is 24.2 Å². The molecular weight excluding hydrogens is 572 g/mol. The molecule has 0 aliphatic carbocycles. The van der Waals surface area contributed by atoms with E-state index in [4.69, 9.17) is 11.5 Å². The number of amides is 4. The third-order valence-corrected chi connectivity index (χ3v) is 7.63. The lowest BCUT2D eigenvalue weighted by atomic mass is 9.98. The molecule has 0 aliphatic rings. The van der Waals surface area contributed by atoms with Crippen LogP contribution >= 0.6 is 11.8 Å². The molecule has 0 aromatic heterocycles. The van der Waals surface area contributed by atoms with Crippen LogP contribution in [0, 0.1) is 17.8 Å². The van der Waals surface area contributed by atoms with Gasteiger partial charge in [0.05, 0.1) is 6.04 Å². The molecule has 0 bridgehead atoms. The van der Waals surface area contributed by atoms with Gasteiger partial charge in [-0.25, -0.2) is 4.79 Å². The van der Waals surface area contributed by atoms with Gasteiger partial charge in [0.2, 0.25) is 23.6 Å². The molecule has 0 fully saturated rings. The number of nitrogens with two attached hydrogens (primary N) is 2. The Kier molecular flexibility index (Phi) is 20.9. The van der Waals surface area contributed by atoms with E-state index >= 15 is 0 Å². The molecule has 0 aromatic carbocycles. The first-order valence-corrected chi connectivity index (χ1v) is 16.8. The molecule has 250 valence electrons. The fraction of sp³-hybridized carbons (Fsp3) is 0.833. The van der Waals surface area contributed by atoms with Gasteiger partial charge in [-0.1, -0.05) is 54.9 Å². The molecule has 0 heterocycles. The molecule has 0 saturated carbocycles. The smallest absolute Gasteiger partial charge is 0.326 e. The zero-order valence-electron chi connectivity index (χ0n) is 27.2. The highest BCUT2D eigenvalue weighted by Crippen LogP contribution is 2.12. The fourth-order valence-electron chi connectivity index (χ4n) is 4.45. The number of unbranched alkanes of at least 4 members (excludes halogenated alkanes) is 1. The van der Waals surface area contributed by atoms with Crippen molar-refractivity contribution >= 4 is 41.4 Å². The molecule has 5 atom stereocenters. The highest BCUT2D eigenvalue weighted by molar-refractivity contribution is 7.99. The van der Waals surface area contributed by atoms with E-state index in [0.717, 1.165) is 12.2 Å². The largest absolute Gasteiger partial charge is 0.480 e. The molecule has 0 rings (SSSR count). The number of carbonyl (C=O) groups excluding carboxylic acids is 4. The van der Waals surface area contributed by atoms with Crippen LogP contribution in [0.1, 0.15) is 93.4 Å². The van der Waals surface area contributed by atoms with Crippen LogP contribution in [0.25, 0.3) is 0 Å². The molecule has 9 N–H and O–H groups in total. The van der Waals surface area contributed by atoms with Gasteiger partial charge in [0, 0.05) is 0 Å². The van der Waals surface area contributed by atoms with E-state index < -0.39 is 59.8 Å². The van der Waals surface area contributed by atoms with Crippen molar-refractivity contribution in [3.05, 3.63) is 0 Å². The van der Waals surface area contributed by atoms with E-state index in [1.165, 1.54) is 0 Å². The summed E-state index contributed by atoms with van der Waals surface area (Å²) in [5.41, 5.74) is 11.6. The van der Waals surface area contributed by atoms with Crippen molar-refractivity contribution in [3.63, 3.8) is 0 Å². The van der Waals surface area contributed by atoms with Gasteiger partial charge < -0.3 is 37.8 Å². The highest BCUT2D eigenvalue weighted by Gasteiger charge is 2.32. The van der Waals surface area contributed by atoms with E-state index in [9.17, 15) is 29.1 Å². The minimum Gasteiger partial charge on any atom is -0.480 e. The maximum absolute atomic E-state index is 13.5. The third-order valence-electron chi connectivity index (χ3n) is 6.70. The van der Waals surface area contributed by atoms with E-state index in [1.807, 2.05) is 48.5 Å². The van der Waals surface area contributed by atoms with Crippen LogP contribution in [0.5, 0.6) is 0 Å². The Morgan fingerprint density at radius 2 is 1.05 bits per heavy atom. The number of nitrogens with one attached hydrogen (secondary N) is 4. The molecule has 12 nitrogen and oxygen atoms in total. The average Bonchev–Trinajstić information content (AvgIpc) is 2.90. The Bertz CT molecular complexity index is 872. The van der Waals surface area contributed by atoms with E-state index in [-0.39, 0.29) is 30.6 Å². The first-order chi connectivity index (χ1) is 20.1. The maximum Gasteiger partial charge on any atom is 0.326 e. The maximum atomic E-state index is 13.5. The van der Waals surface area contributed by atoms with Gasteiger partial charge in [-0.3, -0.25) is 19.2 Å². The lowest BCUT2D eigenvalue weighted by Crippen LogP contribution is -2.59. The van der Waals surface area contributed by atoms with Crippen molar-refractivity contribution in [1.82, 2.24) is 21.3 Å². The van der Waals surface area contributed by atoms with Crippen molar-refractivity contribution in [1.29, 1.82) is 0 Å². The lowest BCUT2D eigenvalue weighted by molar-refractivity contribution is -0.142. The van der Waals surface area contributed by atoms with Crippen LogP contribution in [0.4, 0.5) is 0 Å². The topological polar surface area (TPSA) is 206 Å². The molecule has 4 amide bonds. The van der Waals surface area contributed by atoms with Crippen molar-refractivity contribution in [2.45, 2.75) is 124 Å². The quantitative estimate of drug-likeness (QED) is 0.0820. The Morgan fingerprint density at radius 3 is 1.40 bits per heavy atom. The van der Waals surface area contributed by atoms with Crippen LogP contribution in [0.2, 0.25) is 0 Å². The molecule has 0 saturated heterocycles. The SMILES string of the molecule is CCSCC[C@H](NC(=O)[C@H](CC(C)C)NC(=O)[C@H](CC(C)C)NC(=O)[C@H](CC(C)C)NC(=O)[C@@H](N)CCCCN)C(=O)O. The van der Waals surface area contributed by atoms with E-state index in [2.05, 4.69) is 21.3 Å². The van der Waals surface area contributed by atoms with E-state index in [1.54, 1.807) is 11.8 Å². The van der Waals surface area contributed by atoms with Crippen molar-refractivity contribution in [2.75, 3.05) is 18.1 Å². The second-order valence-electron chi connectivity index (χ2n) is 12.3. The Hall–Kier alpha value is -2.38. The Labute approximate surface area is 262 Å². The number of carbonyl (C=O) groups is 5. The van der Waals surface area contributed by atoms with Crippen LogP contribution in [-0.2, 0) is 24.0 Å². The zero-order valence-corrected chi connectivity index (χ0v) is 28.1. The number of carboxylic acids is 1. The number of rotatable bonds is 23. The zero-order chi connectivity index (χ0) is 33.1. The van der Waals surface area contributed by atoms with Crippen LogP contribution in [-0.4, -0.2) is 83.0 Å². The van der Waals surface area contributed by atoms with E-state index in [0.29, 0.717) is 38.0 Å². The number of aliphatic carboxylic acids is 1. The molecule has 0 spiro atoms. The van der Waals surface area contributed by atoms with Crippen LogP contribution in [0.3, 0.4) is 0 Å². The standard InChI is InChI=1S/C30H58N6O6S/c1-8-43-14-12-22(30(41)42)33-27(38)24(16-19(4)5)35-29(40)25(17-20(6)7)36-28(39)23(15-18(2)3)34-26(37)21(32)11-9-10-13-31/h18-25H,8-17,31-32H2,1-7H3,(H,33,38)(H,34,37)(H,35,40)(H,36,39)(H,41,42)/t21-,22-,23-,24-,25-/m0/s1. The second kappa shape index (κ2) is 22.2. The molecule has 43 heavy (non-hydrogen) atoms. The summed E-state index contributed by atoms with van der Waals surface area (Å²) in [6.07, 6.45) is 3.05. The molecule has 0 aliphatic heterocycles. The van der Waals surface area contributed by atoms with Crippen molar-refractivity contribution in [3.8, 4) is 0 Å². The summed E-state index contributed by atoms with van der Waals surface area (Å²) in [4.78, 5) is 64.7. The minimum absolute atomic E-state index is 0.0211. The lowest BCUT2D eigenvalue weighted by Gasteiger charge is -2.28.